The molecule has 1 aromatic heterocycles. The number of allylic oxidation sites excluding steroid dienone is 1. The van der Waals surface area contributed by atoms with Gasteiger partial charge in [-0.05, 0) is 62.9 Å². The van der Waals surface area contributed by atoms with Crippen LogP contribution >= 0.6 is 31.9 Å². The number of ether oxygens (including phenoxy) is 2. The summed E-state index contributed by atoms with van der Waals surface area (Å²) in [5.74, 6) is 0.569. The first kappa shape index (κ1) is 24.5. The summed E-state index contributed by atoms with van der Waals surface area (Å²) in [6, 6.07) is 5.79. The number of hydrogen-bond acceptors (Lipinski definition) is 4. The lowest BCUT2D eigenvalue weighted by Gasteiger charge is -2.21. The van der Waals surface area contributed by atoms with Gasteiger partial charge in [0.15, 0.2) is 0 Å². The van der Waals surface area contributed by atoms with Crippen molar-refractivity contribution >= 4 is 37.7 Å². The fourth-order valence-electron chi connectivity index (χ4n) is 2.87. The Morgan fingerprint density at radius 3 is 2.37 bits per heavy atom. The Kier molecular flexibility index (Phi) is 8.61. The molecule has 2 rings (SSSR count). The van der Waals surface area contributed by atoms with Crippen LogP contribution in [0.5, 0.6) is 11.5 Å². The molecule has 0 saturated heterocycles. The summed E-state index contributed by atoms with van der Waals surface area (Å²) in [7, 11) is 3.32. The van der Waals surface area contributed by atoms with Crippen LogP contribution in [-0.2, 0) is 0 Å². The highest BCUT2D eigenvalue weighted by atomic mass is 79.9. The van der Waals surface area contributed by atoms with Crippen LogP contribution in [0.15, 0.2) is 44.9 Å². The average molecular weight is 552 g/mol. The zero-order chi connectivity index (χ0) is 22.5. The molecule has 164 valence electrons. The van der Waals surface area contributed by atoms with Gasteiger partial charge in [0.2, 0.25) is 0 Å². The molecule has 0 aliphatic carbocycles. The fourth-order valence-corrected chi connectivity index (χ4v) is 4.33. The Hall–Kier alpha value is -1.74. The number of nitrogens with zero attached hydrogens (tertiary/aromatic N) is 2. The van der Waals surface area contributed by atoms with Crippen LogP contribution < -0.4 is 14.4 Å². The Bertz CT molecular complexity index is 912. The van der Waals surface area contributed by atoms with Crippen molar-refractivity contribution in [3.05, 3.63) is 44.9 Å². The SMILES string of the molecule is CCC(=CCN(C)c1nc(-c2ccc(OC(F)(F)F)cc2OC)c(Br)cc1Br)CC. The van der Waals surface area contributed by atoms with Gasteiger partial charge in [-0.25, -0.2) is 4.98 Å². The van der Waals surface area contributed by atoms with Crippen molar-refractivity contribution in [2.45, 2.75) is 33.1 Å². The first-order valence-electron chi connectivity index (χ1n) is 9.28. The second kappa shape index (κ2) is 10.5. The van der Waals surface area contributed by atoms with E-state index in [-0.39, 0.29) is 11.5 Å². The monoisotopic (exact) mass is 550 g/mol. The number of rotatable bonds is 8. The molecule has 9 heteroatoms. The largest absolute Gasteiger partial charge is 0.573 e. The number of aromatic nitrogens is 1. The smallest absolute Gasteiger partial charge is 0.496 e. The molecule has 0 aliphatic rings. The number of pyridine rings is 1. The summed E-state index contributed by atoms with van der Waals surface area (Å²) in [5.41, 5.74) is 2.45. The van der Waals surface area contributed by atoms with Gasteiger partial charge in [0.1, 0.15) is 17.3 Å². The van der Waals surface area contributed by atoms with Gasteiger partial charge >= 0.3 is 6.36 Å². The van der Waals surface area contributed by atoms with Gasteiger partial charge in [-0.3, -0.25) is 0 Å². The van der Waals surface area contributed by atoms with Gasteiger partial charge in [0.25, 0.3) is 0 Å². The first-order chi connectivity index (χ1) is 14.1. The summed E-state index contributed by atoms with van der Waals surface area (Å²) in [6.07, 6.45) is -0.607. The molecule has 0 saturated carbocycles. The second-order valence-electron chi connectivity index (χ2n) is 6.48. The molecule has 1 aromatic carbocycles. The van der Waals surface area contributed by atoms with Crippen molar-refractivity contribution in [1.82, 2.24) is 4.98 Å². The molecule has 0 fully saturated rings. The zero-order valence-electron chi connectivity index (χ0n) is 17.1. The predicted molar refractivity (Wildman–Crippen MR) is 120 cm³/mol. The number of alkyl halides is 3. The van der Waals surface area contributed by atoms with E-state index in [1.807, 2.05) is 18.0 Å². The molecule has 4 nitrogen and oxygen atoms in total. The van der Waals surface area contributed by atoms with Crippen molar-refractivity contribution in [3.63, 3.8) is 0 Å². The normalized spacial score (nSPS) is 11.2. The van der Waals surface area contributed by atoms with Gasteiger partial charge in [0.05, 0.1) is 17.3 Å². The van der Waals surface area contributed by atoms with Crippen molar-refractivity contribution in [3.8, 4) is 22.8 Å². The van der Waals surface area contributed by atoms with Crippen LogP contribution in [0.2, 0.25) is 0 Å². The van der Waals surface area contributed by atoms with Crippen molar-refractivity contribution in [2.24, 2.45) is 0 Å². The maximum absolute atomic E-state index is 12.5. The summed E-state index contributed by atoms with van der Waals surface area (Å²) in [4.78, 5) is 6.74. The molecular formula is C21H23Br2F3N2O2. The third-order valence-corrected chi connectivity index (χ3v) is 5.68. The molecule has 0 bridgehead atoms. The van der Waals surface area contributed by atoms with E-state index >= 15 is 0 Å². The third kappa shape index (κ3) is 6.38. The molecule has 0 aliphatic heterocycles. The predicted octanol–water partition coefficient (Wildman–Crippen LogP) is 7.36. The lowest BCUT2D eigenvalue weighted by atomic mass is 10.1. The highest BCUT2D eigenvalue weighted by Crippen LogP contribution is 2.40. The van der Waals surface area contributed by atoms with E-state index in [1.165, 1.54) is 30.9 Å². The molecule has 2 aromatic rings. The molecule has 1 heterocycles. The molecule has 0 radical (unpaired) electrons. The summed E-state index contributed by atoms with van der Waals surface area (Å²) in [6.45, 7) is 4.93. The van der Waals surface area contributed by atoms with E-state index < -0.39 is 6.36 Å². The minimum atomic E-state index is -4.78. The minimum absolute atomic E-state index is 0.222. The maximum Gasteiger partial charge on any atom is 0.573 e. The highest BCUT2D eigenvalue weighted by Gasteiger charge is 2.31. The van der Waals surface area contributed by atoms with Crippen LogP contribution in [-0.4, -0.2) is 32.0 Å². The molecule has 0 amide bonds. The summed E-state index contributed by atoms with van der Waals surface area (Å²) >= 11 is 7.04. The van der Waals surface area contributed by atoms with Gasteiger partial charge in [0, 0.05) is 29.7 Å². The van der Waals surface area contributed by atoms with Crippen molar-refractivity contribution in [1.29, 1.82) is 0 Å². The topological polar surface area (TPSA) is 34.6 Å². The maximum atomic E-state index is 12.5. The van der Waals surface area contributed by atoms with Crippen LogP contribution in [0.4, 0.5) is 19.0 Å². The van der Waals surface area contributed by atoms with E-state index in [1.54, 1.807) is 0 Å². The van der Waals surface area contributed by atoms with E-state index in [2.05, 4.69) is 56.5 Å². The Morgan fingerprint density at radius 2 is 1.80 bits per heavy atom. The number of benzene rings is 1. The molecule has 0 atom stereocenters. The molecule has 0 unspecified atom stereocenters. The van der Waals surface area contributed by atoms with Gasteiger partial charge in [-0.2, -0.15) is 0 Å². The van der Waals surface area contributed by atoms with Crippen LogP contribution in [0.1, 0.15) is 26.7 Å². The molecular weight excluding hydrogens is 529 g/mol. The number of halogens is 5. The molecule has 0 spiro atoms. The van der Waals surface area contributed by atoms with E-state index in [0.717, 1.165) is 17.3 Å². The first-order valence-corrected chi connectivity index (χ1v) is 10.9. The average Bonchev–Trinajstić information content (AvgIpc) is 2.67. The third-order valence-electron chi connectivity index (χ3n) is 4.50. The molecule has 30 heavy (non-hydrogen) atoms. The van der Waals surface area contributed by atoms with E-state index in [9.17, 15) is 13.2 Å². The molecule has 0 N–H and O–H groups in total. The second-order valence-corrected chi connectivity index (χ2v) is 8.19. The quantitative estimate of drug-likeness (QED) is 0.321. The Labute approximate surface area is 191 Å². The zero-order valence-corrected chi connectivity index (χ0v) is 20.3. The number of anilines is 1. The lowest BCUT2D eigenvalue weighted by molar-refractivity contribution is -0.274. The Balaban J connectivity index is 2.45. The van der Waals surface area contributed by atoms with Crippen molar-refractivity contribution < 1.29 is 22.6 Å². The Morgan fingerprint density at radius 1 is 1.13 bits per heavy atom. The van der Waals surface area contributed by atoms with Gasteiger partial charge in [-0.1, -0.05) is 25.5 Å². The number of methoxy groups -OCH3 is 1. The highest BCUT2D eigenvalue weighted by molar-refractivity contribution is 9.11. The van der Waals surface area contributed by atoms with Crippen LogP contribution in [0.25, 0.3) is 11.3 Å². The fraction of sp³-hybridized carbons (Fsp3) is 0.381. The standard InChI is InChI=1S/C21H23Br2F3N2O2/c1-5-13(6-2)9-10-28(3)20-17(23)12-16(22)19(27-20)15-8-7-14(11-18(15)29-4)30-21(24,25)26/h7-9,11-12H,5-6,10H2,1-4H3. The van der Waals surface area contributed by atoms with Crippen molar-refractivity contribution in [2.75, 3.05) is 25.6 Å². The summed E-state index contributed by atoms with van der Waals surface area (Å²) < 4.78 is 48.4. The lowest BCUT2D eigenvalue weighted by Crippen LogP contribution is -2.19. The van der Waals surface area contributed by atoms with Gasteiger partial charge < -0.3 is 14.4 Å². The minimum Gasteiger partial charge on any atom is -0.496 e. The van der Waals surface area contributed by atoms with E-state index in [4.69, 9.17) is 9.72 Å². The van der Waals surface area contributed by atoms with Gasteiger partial charge in [-0.15, -0.1) is 13.2 Å². The summed E-state index contributed by atoms with van der Waals surface area (Å²) in [5, 5.41) is 0. The van der Waals surface area contributed by atoms with Crippen LogP contribution in [0.3, 0.4) is 0 Å². The van der Waals surface area contributed by atoms with E-state index in [0.29, 0.717) is 28.1 Å². The number of hydrogen-bond donors (Lipinski definition) is 0. The number of likely N-dealkylation sites (N-methyl/N-ethyl adjacent to an activating group) is 1. The van der Waals surface area contributed by atoms with Crippen LogP contribution in [0, 0.1) is 0 Å².